The minimum absolute atomic E-state index is 0.0931. The highest BCUT2D eigenvalue weighted by Crippen LogP contribution is 2.25. The quantitative estimate of drug-likeness (QED) is 0.737. The van der Waals surface area contributed by atoms with Crippen LogP contribution in [0.3, 0.4) is 0 Å². The van der Waals surface area contributed by atoms with Crippen molar-refractivity contribution >= 4 is 10.0 Å². The summed E-state index contributed by atoms with van der Waals surface area (Å²) in [7, 11) is -3.28. The Labute approximate surface area is 150 Å². The maximum absolute atomic E-state index is 12.0. The van der Waals surface area contributed by atoms with Crippen LogP contribution in [0.15, 0.2) is 48.5 Å². The lowest BCUT2D eigenvalue weighted by Crippen LogP contribution is -2.31. The summed E-state index contributed by atoms with van der Waals surface area (Å²) in [6.45, 7) is 0.623. The van der Waals surface area contributed by atoms with Gasteiger partial charge in [0.2, 0.25) is 10.0 Å². The molecule has 0 saturated heterocycles. The lowest BCUT2D eigenvalue weighted by atomic mass is 9.92. The molecule has 0 amide bonds. The van der Waals surface area contributed by atoms with Crippen molar-refractivity contribution in [2.75, 3.05) is 18.9 Å². The Hall–Kier alpha value is -1.85. The first-order chi connectivity index (χ1) is 12.1. The predicted molar refractivity (Wildman–Crippen MR) is 101 cm³/mol. The molecule has 1 aliphatic rings. The Bertz CT molecular complexity index is 788. The number of sulfonamides is 1. The van der Waals surface area contributed by atoms with Crippen molar-refractivity contribution in [3.63, 3.8) is 0 Å². The van der Waals surface area contributed by atoms with Crippen molar-refractivity contribution in [3.05, 3.63) is 65.2 Å². The van der Waals surface area contributed by atoms with Gasteiger partial charge in [0.1, 0.15) is 12.4 Å². The molecular formula is C20H25NO3S. The fraction of sp³-hybridized carbons (Fsp3) is 0.400. The van der Waals surface area contributed by atoms with Crippen LogP contribution >= 0.6 is 0 Å². The molecule has 0 heterocycles. The smallest absolute Gasteiger partial charge is 0.212 e. The molecule has 134 valence electrons. The van der Waals surface area contributed by atoms with Gasteiger partial charge in [0.15, 0.2) is 0 Å². The highest BCUT2D eigenvalue weighted by Gasteiger charge is 2.11. The second kappa shape index (κ2) is 8.50. The Kier molecular flexibility index (Phi) is 6.10. The summed E-state index contributed by atoms with van der Waals surface area (Å²) in [6, 6.07) is 15.8. The molecule has 1 aliphatic carbocycles. The number of ether oxygens (including phenoxy) is 1. The number of hydrogen-bond acceptors (Lipinski definition) is 3. The van der Waals surface area contributed by atoms with E-state index in [-0.39, 0.29) is 12.3 Å². The normalized spacial score (nSPS) is 14.1. The monoisotopic (exact) mass is 359 g/mol. The molecule has 3 rings (SSSR count). The average Bonchev–Trinajstić information content (AvgIpc) is 2.64. The summed E-state index contributed by atoms with van der Waals surface area (Å²) in [4.78, 5) is 0. The fourth-order valence-corrected chi connectivity index (χ4v) is 4.18. The first-order valence-corrected chi connectivity index (χ1v) is 10.5. The number of benzene rings is 2. The van der Waals surface area contributed by atoms with Crippen molar-refractivity contribution in [3.8, 4) is 5.75 Å². The molecule has 0 bridgehead atoms. The van der Waals surface area contributed by atoms with Gasteiger partial charge in [-0.1, -0.05) is 36.4 Å². The van der Waals surface area contributed by atoms with Gasteiger partial charge in [-0.2, -0.15) is 0 Å². The van der Waals surface area contributed by atoms with Crippen LogP contribution in [0, 0.1) is 0 Å². The molecule has 25 heavy (non-hydrogen) atoms. The van der Waals surface area contributed by atoms with Gasteiger partial charge >= 0.3 is 0 Å². The molecule has 0 fully saturated rings. The number of aryl methyl sites for hydroxylation is 3. The van der Waals surface area contributed by atoms with E-state index in [1.807, 2.05) is 36.4 Å². The van der Waals surface area contributed by atoms with Gasteiger partial charge in [-0.25, -0.2) is 13.1 Å². The van der Waals surface area contributed by atoms with Crippen molar-refractivity contribution in [2.24, 2.45) is 0 Å². The van der Waals surface area contributed by atoms with E-state index < -0.39 is 10.0 Å². The van der Waals surface area contributed by atoms with Crippen LogP contribution < -0.4 is 9.46 Å². The number of rotatable bonds is 8. The lowest BCUT2D eigenvalue weighted by molar-refractivity contribution is 0.322. The third-order valence-electron chi connectivity index (χ3n) is 4.52. The van der Waals surface area contributed by atoms with E-state index in [0.29, 0.717) is 13.0 Å². The van der Waals surface area contributed by atoms with Crippen molar-refractivity contribution in [1.29, 1.82) is 0 Å². The first kappa shape index (κ1) is 18.0. The minimum Gasteiger partial charge on any atom is -0.492 e. The van der Waals surface area contributed by atoms with Gasteiger partial charge in [0, 0.05) is 6.54 Å². The summed E-state index contributed by atoms with van der Waals surface area (Å²) < 4.78 is 32.4. The van der Waals surface area contributed by atoms with Gasteiger partial charge in [0.05, 0.1) is 5.75 Å². The topological polar surface area (TPSA) is 55.4 Å². The SMILES string of the molecule is O=S(=O)(CCc1ccccc1)NCCOc1ccc2c(c1)CCCC2. The van der Waals surface area contributed by atoms with Gasteiger partial charge in [-0.3, -0.25) is 0 Å². The van der Waals surface area contributed by atoms with Crippen molar-refractivity contribution in [2.45, 2.75) is 32.1 Å². The van der Waals surface area contributed by atoms with Crippen LogP contribution in [0.2, 0.25) is 0 Å². The molecule has 4 nitrogen and oxygen atoms in total. The minimum atomic E-state index is -3.28. The zero-order valence-corrected chi connectivity index (χ0v) is 15.2. The third-order valence-corrected chi connectivity index (χ3v) is 5.90. The summed E-state index contributed by atoms with van der Waals surface area (Å²) in [6.07, 6.45) is 5.27. The standard InChI is InChI=1S/C20H25NO3S/c22-25(23,15-12-17-6-2-1-3-7-17)21-13-14-24-20-11-10-18-8-4-5-9-19(18)16-20/h1-3,6-7,10-11,16,21H,4-5,8-9,12-15H2. The second-order valence-corrected chi connectivity index (χ2v) is 8.36. The highest BCUT2D eigenvalue weighted by molar-refractivity contribution is 7.89. The second-order valence-electron chi connectivity index (χ2n) is 6.43. The van der Waals surface area contributed by atoms with Crippen LogP contribution in [0.1, 0.15) is 29.5 Å². The number of fused-ring (bicyclic) bond motifs is 1. The van der Waals surface area contributed by atoms with Gasteiger partial charge in [-0.05, 0) is 60.9 Å². The third kappa shape index (κ3) is 5.58. The van der Waals surface area contributed by atoms with E-state index in [4.69, 9.17) is 4.74 Å². The van der Waals surface area contributed by atoms with E-state index in [1.165, 1.54) is 24.0 Å². The van der Waals surface area contributed by atoms with Gasteiger partial charge < -0.3 is 4.74 Å². The van der Waals surface area contributed by atoms with Crippen LogP contribution in [-0.2, 0) is 29.3 Å². The van der Waals surface area contributed by atoms with E-state index in [1.54, 1.807) is 0 Å². The van der Waals surface area contributed by atoms with Gasteiger partial charge in [0.25, 0.3) is 0 Å². The Balaban J connectivity index is 1.41. The molecule has 0 saturated carbocycles. The number of hydrogen-bond donors (Lipinski definition) is 1. The van der Waals surface area contributed by atoms with E-state index in [0.717, 1.165) is 24.2 Å². The zero-order chi connectivity index (χ0) is 17.5. The summed E-state index contributed by atoms with van der Waals surface area (Å²) in [5, 5.41) is 0. The van der Waals surface area contributed by atoms with E-state index in [9.17, 15) is 8.42 Å². The molecule has 0 aromatic heterocycles. The molecule has 0 atom stereocenters. The van der Waals surface area contributed by atoms with Crippen LogP contribution in [0.25, 0.3) is 0 Å². The molecule has 2 aromatic carbocycles. The maximum atomic E-state index is 12.0. The van der Waals surface area contributed by atoms with Gasteiger partial charge in [-0.15, -0.1) is 0 Å². The molecule has 0 spiro atoms. The summed E-state index contributed by atoms with van der Waals surface area (Å²) in [5.41, 5.74) is 3.81. The molecular weight excluding hydrogens is 334 g/mol. The fourth-order valence-electron chi connectivity index (χ4n) is 3.13. The van der Waals surface area contributed by atoms with Crippen LogP contribution in [-0.4, -0.2) is 27.3 Å². The molecule has 2 aromatic rings. The first-order valence-electron chi connectivity index (χ1n) is 8.88. The van der Waals surface area contributed by atoms with Crippen LogP contribution in [0.5, 0.6) is 5.75 Å². The number of nitrogens with one attached hydrogen (secondary N) is 1. The maximum Gasteiger partial charge on any atom is 0.212 e. The zero-order valence-electron chi connectivity index (χ0n) is 14.4. The van der Waals surface area contributed by atoms with E-state index in [2.05, 4.69) is 16.9 Å². The lowest BCUT2D eigenvalue weighted by Gasteiger charge is -2.17. The predicted octanol–water partition coefficient (Wildman–Crippen LogP) is 3.11. The summed E-state index contributed by atoms with van der Waals surface area (Å²) in [5.74, 6) is 0.916. The Morgan fingerprint density at radius 1 is 0.960 bits per heavy atom. The Morgan fingerprint density at radius 3 is 2.52 bits per heavy atom. The van der Waals surface area contributed by atoms with E-state index >= 15 is 0 Å². The van der Waals surface area contributed by atoms with Crippen LogP contribution in [0.4, 0.5) is 0 Å². The molecule has 5 heteroatoms. The highest BCUT2D eigenvalue weighted by atomic mass is 32.2. The summed E-state index contributed by atoms with van der Waals surface area (Å²) >= 11 is 0. The molecule has 0 radical (unpaired) electrons. The molecule has 0 aliphatic heterocycles. The molecule has 1 N–H and O–H groups in total. The Morgan fingerprint density at radius 2 is 1.72 bits per heavy atom. The largest absolute Gasteiger partial charge is 0.492 e. The average molecular weight is 359 g/mol. The van der Waals surface area contributed by atoms with Crippen molar-refractivity contribution < 1.29 is 13.2 Å². The van der Waals surface area contributed by atoms with Crippen molar-refractivity contribution in [1.82, 2.24) is 4.72 Å². The molecule has 0 unspecified atom stereocenters.